The van der Waals surface area contributed by atoms with E-state index >= 15 is 0 Å². The highest BCUT2D eigenvalue weighted by molar-refractivity contribution is 5.97. The number of nitrogens with zero attached hydrogens (tertiary/aromatic N) is 2. The van der Waals surface area contributed by atoms with Crippen molar-refractivity contribution in [1.29, 1.82) is 0 Å². The molecule has 0 aliphatic heterocycles. The number of para-hydroxylation sites is 2. The van der Waals surface area contributed by atoms with E-state index in [0.717, 1.165) is 0 Å². The number of esters is 1. The summed E-state index contributed by atoms with van der Waals surface area (Å²) in [4.78, 5) is 32.0. The van der Waals surface area contributed by atoms with E-state index < -0.39 is 11.9 Å². The summed E-state index contributed by atoms with van der Waals surface area (Å²) in [6.45, 7) is -0.195. The van der Waals surface area contributed by atoms with E-state index in [-0.39, 0.29) is 23.9 Å². The molecule has 0 radical (unpaired) electrons. The second-order valence-corrected chi connectivity index (χ2v) is 5.92. The number of carbonyl (C=O) groups is 2. The molecule has 0 bridgehead atoms. The van der Waals surface area contributed by atoms with Gasteiger partial charge in [-0.2, -0.15) is 0 Å². The fraction of sp³-hybridized carbons (Fsp3) is 0.100. The fourth-order valence-electron chi connectivity index (χ4n) is 2.43. The topological polar surface area (TPSA) is 140 Å². The largest absolute Gasteiger partial charge is 0.484 e. The van der Waals surface area contributed by atoms with E-state index in [1.165, 1.54) is 13.4 Å². The molecule has 154 valence electrons. The van der Waals surface area contributed by atoms with Crippen molar-refractivity contribution in [2.75, 3.05) is 30.2 Å². The summed E-state index contributed by atoms with van der Waals surface area (Å²) < 4.78 is 10.1. The molecule has 5 N–H and O–H groups in total. The third-order valence-electron chi connectivity index (χ3n) is 3.90. The first-order chi connectivity index (χ1) is 14.6. The number of rotatable bonds is 8. The Kier molecular flexibility index (Phi) is 6.62. The molecular weight excluding hydrogens is 388 g/mol. The molecule has 0 saturated carbocycles. The lowest BCUT2D eigenvalue weighted by atomic mass is 10.2. The van der Waals surface area contributed by atoms with Crippen LogP contribution in [-0.2, 0) is 9.53 Å². The zero-order chi connectivity index (χ0) is 21.3. The number of ether oxygens (including phenoxy) is 2. The summed E-state index contributed by atoms with van der Waals surface area (Å²) in [6.07, 6.45) is 1.26. The second-order valence-electron chi connectivity index (χ2n) is 5.92. The van der Waals surface area contributed by atoms with Crippen LogP contribution < -0.4 is 26.6 Å². The number of carbonyl (C=O) groups excluding carboxylic acids is 2. The number of amides is 1. The number of methoxy groups -OCH3 is 1. The Bertz CT molecular complexity index is 1030. The Hall–Kier alpha value is -4.34. The number of benzene rings is 2. The molecule has 0 saturated heterocycles. The van der Waals surface area contributed by atoms with Gasteiger partial charge in [-0.15, -0.1) is 0 Å². The Labute approximate surface area is 172 Å². The van der Waals surface area contributed by atoms with Crippen molar-refractivity contribution >= 4 is 34.9 Å². The quantitative estimate of drug-likeness (QED) is 0.326. The molecule has 3 aromatic rings. The van der Waals surface area contributed by atoms with Gasteiger partial charge in [-0.1, -0.05) is 30.3 Å². The fourth-order valence-corrected chi connectivity index (χ4v) is 2.43. The van der Waals surface area contributed by atoms with Gasteiger partial charge in [0.1, 0.15) is 17.8 Å². The molecule has 0 spiro atoms. The number of hydrogen-bond donors (Lipinski definition) is 4. The van der Waals surface area contributed by atoms with Crippen LogP contribution in [0.4, 0.5) is 23.0 Å². The van der Waals surface area contributed by atoms with Crippen molar-refractivity contribution in [1.82, 2.24) is 15.4 Å². The van der Waals surface area contributed by atoms with Crippen molar-refractivity contribution in [3.8, 4) is 5.75 Å². The number of nitrogen functional groups attached to an aromatic ring is 1. The lowest BCUT2D eigenvalue weighted by Crippen LogP contribution is -2.34. The zero-order valence-electron chi connectivity index (χ0n) is 16.1. The van der Waals surface area contributed by atoms with Crippen LogP contribution in [-0.4, -0.2) is 35.6 Å². The summed E-state index contributed by atoms with van der Waals surface area (Å²) in [6, 6.07) is 15.7. The SMILES string of the molecule is COC(=O)c1ccccc1Nc1ncnc(NNC(=O)COc2ccccc2)c1N. The monoisotopic (exact) mass is 408 g/mol. The average Bonchev–Trinajstić information content (AvgIpc) is 2.78. The van der Waals surface area contributed by atoms with Crippen LogP contribution in [0.15, 0.2) is 60.9 Å². The number of nitrogens with two attached hydrogens (primary N) is 1. The highest BCUT2D eigenvalue weighted by atomic mass is 16.5. The third kappa shape index (κ3) is 5.13. The highest BCUT2D eigenvalue weighted by Crippen LogP contribution is 2.27. The number of aromatic nitrogens is 2. The van der Waals surface area contributed by atoms with Crippen LogP contribution in [0, 0.1) is 0 Å². The van der Waals surface area contributed by atoms with E-state index in [1.807, 2.05) is 6.07 Å². The third-order valence-corrected chi connectivity index (χ3v) is 3.90. The van der Waals surface area contributed by atoms with Crippen LogP contribution in [0.25, 0.3) is 0 Å². The van der Waals surface area contributed by atoms with Gasteiger partial charge in [-0.25, -0.2) is 14.8 Å². The maximum absolute atomic E-state index is 12.0. The van der Waals surface area contributed by atoms with Crippen molar-refractivity contribution in [3.63, 3.8) is 0 Å². The summed E-state index contributed by atoms with van der Waals surface area (Å²) >= 11 is 0. The van der Waals surface area contributed by atoms with Gasteiger partial charge in [0.2, 0.25) is 0 Å². The first-order valence-electron chi connectivity index (χ1n) is 8.86. The van der Waals surface area contributed by atoms with Gasteiger partial charge in [0.15, 0.2) is 18.2 Å². The van der Waals surface area contributed by atoms with Gasteiger partial charge in [-0.05, 0) is 24.3 Å². The van der Waals surface area contributed by atoms with Crippen molar-refractivity contribution in [3.05, 3.63) is 66.5 Å². The Morgan fingerprint density at radius 3 is 2.47 bits per heavy atom. The molecule has 2 aromatic carbocycles. The van der Waals surface area contributed by atoms with E-state index in [0.29, 0.717) is 17.0 Å². The van der Waals surface area contributed by atoms with E-state index in [2.05, 4.69) is 26.1 Å². The van der Waals surface area contributed by atoms with Crippen molar-refractivity contribution < 1.29 is 19.1 Å². The minimum absolute atomic E-state index is 0.140. The summed E-state index contributed by atoms with van der Waals surface area (Å²) in [5.41, 5.74) is 12.1. The number of hydrazine groups is 1. The smallest absolute Gasteiger partial charge is 0.339 e. The average molecular weight is 408 g/mol. The Morgan fingerprint density at radius 1 is 1.00 bits per heavy atom. The molecule has 30 heavy (non-hydrogen) atoms. The van der Waals surface area contributed by atoms with Gasteiger partial charge in [-0.3, -0.25) is 15.6 Å². The minimum Gasteiger partial charge on any atom is -0.484 e. The molecular formula is C20H20N6O4. The maximum atomic E-state index is 12.0. The Balaban J connectivity index is 1.64. The summed E-state index contributed by atoms with van der Waals surface area (Å²) in [5, 5.41) is 2.98. The predicted octanol–water partition coefficient (Wildman–Crippen LogP) is 2.11. The number of nitrogens with one attached hydrogen (secondary N) is 3. The van der Waals surface area contributed by atoms with Crippen LogP contribution in [0.1, 0.15) is 10.4 Å². The second kappa shape index (κ2) is 9.73. The Morgan fingerprint density at radius 2 is 1.70 bits per heavy atom. The lowest BCUT2D eigenvalue weighted by molar-refractivity contribution is -0.122. The minimum atomic E-state index is -0.505. The molecule has 1 amide bonds. The van der Waals surface area contributed by atoms with Crippen LogP contribution in [0.5, 0.6) is 5.75 Å². The lowest BCUT2D eigenvalue weighted by Gasteiger charge is -2.14. The molecule has 1 aromatic heterocycles. The summed E-state index contributed by atoms with van der Waals surface area (Å²) in [7, 11) is 1.30. The molecule has 1 heterocycles. The maximum Gasteiger partial charge on any atom is 0.339 e. The molecule has 3 rings (SSSR count). The normalized spacial score (nSPS) is 10.0. The van der Waals surface area contributed by atoms with Crippen molar-refractivity contribution in [2.45, 2.75) is 0 Å². The van der Waals surface area contributed by atoms with Gasteiger partial charge < -0.3 is 20.5 Å². The highest BCUT2D eigenvalue weighted by Gasteiger charge is 2.14. The first kappa shape index (κ1) is 20.4. The van der Waals surface area contributed by atoms with Gasteiger partial charge in [0.25, 0.3) is 5.91 Å². The molecule has 10 heteroatoms. The van der Waals surface area contributed by atoms with E-state index in [1.54, 1.807) is 48.5 Å². The number of anilines is 4. The first-order valence-corrected chi connectivity index (χ1v) is 8.86. The molecule has 0 unspecified atom stereocenters. The zero-order valence-corrected chi connectivity index (χ0v) is 16.1. The predicted molar refractivity (Wildman–Crippen MR) is 111 cm³/mol. The van der Waals surface area contributed by atoms with Gasteiger partial charge >= 0.3 is 5.97 Å². The molecule has 0 aliphatic rings. The van der Waals surface area contributed by atoms with Crippen LogP contribution >= 0.6 is 0 Å². The number of hydrogen-bond acceptors (Lipinski definition) is 9. The van der Waals surface area contributed by atoms with Crippen LogP contribution in [0.2, 0.25) is 0 Å². The van der Waals surface area contributed by atoms with E-state index in [9.17, 15) is 9.59 Å². The molecule has 0 atom stereocenters. The standard InChI is InChI=1S/C20H20N6O4/c1-29-20(28)14-9-5-6-10-15(14)24-18-17(21)19(23-12-22-18)26-25-16(27)11-30-13-7-3-2-4-8-13/h2-10,12H,11,21H2,1H3,(H,25,27)(H2,22,23,24,26). The summed E-state index contributed by atoms with van der Waals surface area (Å²) in [5.74, 6) is 0.0665. The molecule has 0 aliphatic carbocycles. The molecule has 10 nitrogen and oxygen atoms in total. The van der Waals surface area contributed by atoms with Crippen molar-refractivity contribution in [2.24, 2.45) is 0 Å². The van der Waals surface area contributed by atoms with E-state index in [4.69, 9.17) is 15.2 Å². The van der Waals surface area contributed by atoms with Crippen LogP contribution in [0.3, 0.4) is 0 Å². The van der Waals surface area contributed by atoms with Gasteiger partial charge in [0, 0.05) is 0 Å². The molecule has 0 fully saturated rings. The van der Waals surface area contributed by atoms with Gasteiger partial charge in [0.05, 0.1) is 18.4 Å².